The van der Waals surface area contributed by atoms with Crippen molar-refractivity contribution < 1.29 is 18.9 Å². The third-order valence-corrected chi connectivity index (χ3v) is 6.35. The second-order valence-electron chi connectivity index (χ2n) is 6.83. The van der Waals surface area contributed by atoms with Crippen LogP contribution in [-0.2, 0) is 21.9 Å². The number of benzene rings is 1. The Morgan fingerprint density at radius 1 is 1.21 bits per heavy atom. The molecule has 0 saturated carbocycles. The molecule has 28 heavy (non-hydrogen) atoms. The first-order chi connectivity index (χ1) is 13.2. The minimum absolute atomic E-state index is 0.187. The van der Waals surface area contributed by atoms with E-state index in [1.54, 1.807) is 30.0 Å². The van der Waals surface area contributed by atoms with Crippen molar-refractivity contribution in [3.05, 3.63) is 51.7 Å². The average molecular weight is 440 g/mol. The highest BCUT2D eigenvalue weighted by Gasteiger charge is 2.24. The number of phosphoric ester groups is 1. The highest BCUT2D eigenvalue weighted by atomic mass is 32.2. The Hall–Kier alpha value is -1.10. The van der Waals surface area contributed by atoms with Gasteiger partial charge in [0, 0.05) is 21.7 Å². The van der Waals surface area contributed by atoms with E-state index >= 15 is 0 Å². The molecule has 1 aromatic carbocycles. The van der Waals surface area contributed by atoms with Gasteiger partial charge in [0.05, 0.1) is 11.5 Å². The van der Waals surface area contributed by atoms with Gasteiger partial charge in [-0.1, -0.05) is 24.0 Å². The zero-order chi connectivity index (χ0) is 20.6. The van der Waals surface area contributed by atoms with Crippen LogP contribution in [0.15, 0.2) is 41.3 Å². The summed E-state index contributed by atoms with van der Waals surface area (Å²) in [5.41, 5.74) is 6.54. The van der Waals surface area contributed by atoms with Crippen LogP contribution in [0, 0.1) is 11.8 Å². The van der Waals surface area contributed by atoms with Gasteiger partial charge in [0.25, 0.3) is 0 Å². The molecule has 1 heterocycles. The fourth-order valence-electron chi connectivity index (χ4n) is 2.44. The highest BCUT2D eigenvalue weighted by Crippen LogP contribution is 2.37. The number of hydrogen-bond acceptors (Lipinski definition) is 5. The number of aryl methyl sites for hydroxylation is 2. The lowest BCUT2D eigenvalue weighted by atomic mass is 9.98. The van der Waals surface area contributed by atoms with Gasteiger partial charge in [-0.2, -0.15) is 0 Å². The second-order valence-corrected chi connectivity index (χ2v) is 10.1. The van der Waals surface area contributed by atoms with Crippen LogP contribution < -0.4 is 5.73 Å². The summed E-state index contributed by atoms with van der Waals surface area (Å²) >= 11 is 3.36. The molecular weight excluding hydrogens is 413 g/mol. The summed E-state index contributed by atoms with van der Waals surface area (Å²) in [5, 5.41) is 0. The average Bonchev–Trinajstić information content (AvgIpc) is 3.10. The Balaban J connectivity index is 1.79. The van der Waals surface area contributed by atoms with Gasteiger partial charge in [0.15, 0.2) is 0 Å². The summed E-state index contributed by atoms with van der Waals surface area (Å²) in [4.78, 5) is 21.0. The standard InChI is InChI=1S/C20H26NO4PS2/c1-20(21,15-25-26(22,23)24)14-13-19-12-11-18(28-19)6-4-3-5-16-7-9-17(27-2)10-8-16/h7-12H,3,5,13-15,21H2,1-2H3,(H2,22,23,24). The summed E-state index contributed by atoms with van der Waals surface area (Å²) in [7, 11) is -4.49. The molecule has 2 aromatic rings. The molecule has 8 heteroatoms. The Kier molecular flexibility index (Phi) is 8.79. The number of thioether (sulfide) groups is 1. The van der Waals surface area contributed by atoms with Crippen molar-refractivity contribution in [3.8, 4) is 11.8 Å². The Labute approximate surface area is 174 Å². The molecule has 5 nitrogen and oxygen atoms in total. The third kappa shape index (κ3) is 8.93. The maximum atomic E-state index is 10.8. The van der Waals surface area contributed by atoms with Gasteiger partial charge in [-0.05, 0) is 62.3 Å². The van der Waals surface area contributed by atoms with E-state index in [1.807, 2.05) is 12.1 Å². The summed E-state index contributed by atoms with van der Waals surface area (Å²) in [5.74, 6) is 6.43. The van der Waals surface area contributed by atoms with E-state index in [-0.39, 0.29) is 6.61 Å². The van der Waals surface area contributed by atoms with Crippen molar-refractivity contribution in [2.24, 2.45) is 5.73 Å². The molecule has 0 aliphatic carbocycles. The topological polar surface area (TPSA) is 92.8 Å². The smallest absolute Gasteiger partial charge is 0.323 e. The number of phosphoric acid groups is 1. The molecule has 0 radical (unpaired) electrons. The van der Waals surface area contributed by atoms with Crippen molar-refractivity contribution in [2.45, 2.75) is 43.0 Å². The summed E-state index contributed by atoms with van der Waals surface area (Å²) in [6, 6.07) is 12.6. The van der Waals surface area contributed by atoms with Crippen LogP contribution in [0.3, 0.4) is 0 Å². The molecule has 0 spiro atoms. The van der Waals surface area contributed by atoms with E-state index in [2.05, 4.69) is 46.9 Å². The predicted molar refractivity (Wildman–Crippen MR) is 117 cm³/mol. The van der Waals surface area contributed by atoms with E-state index in [0.29, 0.717) is 12.8 Å². The number of hydrogen-bond donors (Lipinski definition) is 3. The van der Waals surface area contributed by atoms with Gasteiger partial charge in [-0.3, -0.25) is 4.52 Å². The van der Waals surface area contributed by atoms with Crippen LogP contribution in [0.5, 0.6) is 0 Å². The second kappa shape index (κ2) is 10.6. The molecule has 2 rings (SSSR count). The Morgan fingerprint density at radius 2 is 1.93 bits per heavy atom. The molecule has 0 amide bonds. The van der Waals surface area contributed by atoms with E-state index in [1.165, 1.54) is 10.5 Å². The van der Waals surface area contributed by atoms with E-state index in [9.17, 15) is 4.57 Å². The summed E-state index contributed by atoms with van der Waals surface area (Å²) < 4.78 is 15.3. The van der Waals surface area contributed by atoms with Crippen molar-refractivity contribution in [1.82, 2.24) is 0 Å². The molecule has 1 atom stereocenters. The molecule has 1 aromatic heterocycles. The van der Waals surface area contributed by atoms with E-state index in [0.717, 1.165) is 22.6 Å². The predicted octanol–water partition coefficient (Wildman–Crippen LogP) is 4.21. The minimum Gasteiger partial charge on any atom is -0.323 e. The first kappa shape index (κ1) is 23.2. The maximum absolute atomic E-state index is 10.8. The molecule has 0 aliphatic rings. The lowest BCUT2D eigenvalue weighted by Crippen LogP contribution is -2.41. The first-order valence-corrected chi connectivity index (χ1v) is 12.4. The maximum Gasteiger partial charge on any atom is 0.469 e. The molecule has 0 aliphatic heterocycles. The van der Waals surface area contributed by atoms with Gasteiger partial charge in [0.2, 0.25) is 0 Å². The normalized spacial score (nSPS) is 13.6. The fraction of sp³-hybridized carbons (Fsp3) is 0.400. The molecule has 1 unspecified atom stereocenters. The summed E-state index contributed by atoms with van der Waals surface area (Å²) in [6.45, 7) is 1.54. The van der Waals surface area contributed by atoms with Gasteiger partial charge in [-0.15, -0.1) is 23.1 Å². The van der Waals surface area contributed by atoms with Crippen molar-refractivity contribution in [3.63, 3.8) is 0 Å². The SMILES string of the molecule is CSc1ccc(CCC#Cc2ccc(CCC(C)(N)COP(=O)(O)O)s2)cc1. The first-order valence-electron chi connectivity index (χ1n) is 8.86. The van der Waals surface area contributed by atoms with Crippen LogP contribution in [0.4, 0.5) is 0 Å². The fourth-order valence-corrected chi connectivity index (χ4v) is 4.19. The molecule has 152 valence electrons. The van der Waals surface area contributed by atoms with Crippen LogP contribution in [0.1, 0.15) is 35.1 Å². The van der Waals surface area contributed by atoms with Crippen molar-refractivity contribution >= 4 is 30.9 Å². The van der Waals surface area contributed by atoms with Gasteiger partial charge < -0.3 is 15.5 Å². The monoisotopic (exact) mass is 439 g/mol. The van der Waals surface area contributed by atoms with E-state index in [4.69, 9.17) is 15.5 Å². The van der Waals surface area contributed by atoms with Gasteiger partial charge >= 0.3 is 7.82 Å². The molecule has 0 bridgehead atoms. The van der Waals surface area contributed by atoms with Gasteiger partial charge in [-0.25, -0.2) is 4.57 Å². The molecular formula is C20H26NO4PS2. The summed E-state index contributed by atoms with van der Waals surface area (Å²) in [6.07, 6.45) is 5.09. The zero-order valence-electron chi connectivity index (χ0n) is 16.1. The van der Waals surface area contributed by atoms with Crippen LogP contribution in [0.2, 0.25) is 0 Å². The van der Waals surface area contributed by atoms with Crippen molar-refractivity contribution in [1.29, 1.82) is 0 Å². The van der Waals surface area contributed by atoms with Crippen LogP contribution in [-0.4, -0.2) is 28.2 Å². The van der Waals surface area contributed by atoms with Crippen LogP contribution in [0.25, 0.3) is 0 Å². The Bertz CT molecular complexity index is 862. The largest absolute Gasteiger partial charge is 0.469 e. The third-order valence-electron chi connectivity index (χ3n) is 4.08. The highest BCUT2D eigenvalue weighted by molar-refractivity contribution is 7.98. The van der Waals surface area contributed by atoms with Crippen molar-refractivity contribution in [2.75, 3.05) is 12.9 Å². The minimum atomic E-state index is -4.49. The van der Waals surface area contributed by atoms with Gasteiger partial charge in [0.1, 0.15) is 0 Å². The lowest BCUT2D eigenvalue weighted by molar-refractivity contribution is 0.154. The quantitative estimate of drug-likeness (QED) is 0.308. The lowest BCUT2D eigenvalue weighted by Gasteiger charge is -2.24. The Morgan fingerprint density at radius 3 is 2.57 bits per heavy atom. The number of rotatable bonds is 9. The number of thiophene rings is 1. The number of nitrogens with two attached hydrogens (primary N) is 1. The zero-order valence-corrected chi connectivity index (χ0v) is 18.6. The van der Waals surface area contributed by atoms with Crippen LogP contribution >= 0.6 is 30.9 Å². The molecule has 4 N–H and O–H groups in total. The molecule has 0 saturated heterocycles. The molecule has 0 fully saturated rings. The van der Waals surface area contributed by atoms with E-state index < -0.39 is 13.4 Å².